The number of H-pyrrole nitrogens is 1. The van der Waals surface area contributed by atoms with E-state index in [9.17, 15) is 18.7 Å². The number of amides is 1. The van der Waals surface area contributed by atoms with Crippen molar-refractivity contribution in [2.75, 3.05) is 6.54 Å². The van der Waals surface area contributed by atoms with Crippen LogP contribution in [0.15, 0.2) is 24.3 Å². The number of likely N-dealkylation sites (tertiary alicyclic amines) is 1. The third kappa shape index (κ3) is 2.86. The summed E-state index contributed by atoms with van der Waals surface area (Å²) in [6.07, 6.45) is -0.385. The number of rotatable bonds is 2. The minimum Gasteiger partial charge on any atom is -0.391 e. The van der Waals surface area contributed by atoms with Crippen LogP contribution >= 0.6 is 0 Å². The van der Waals surface area contributed by atoms with E-state index >= 15 is 0 Å². The van der Waals surface area contributed by atoms with Crippen molar-refractivity contribution in [3.63, 3.8) is 0 Å². The molecule has 0 bridgehead atoms. The minimum absolute atomic E-state index is 0.167. The zero-order chi connectivity index (χ0) is 16.7. The predicted molar refractivity (Wildman–Crippen MR) is 81.0 cm³/mol. The standard InChI is InChI=1S/C17H18F2N2O2/c1-9-5-10(2)20-16(9)17(23)21-8-12(22)7-15(21)11-3-4-13(18)14(19)6-11/h3-6,12,15,20,22H,7-8H2,1-2H3/t12-,15+/m1/s1. The Morgan fingerprint density at radius 2 is 2.00 bits per heavy atom. The van der Waals surface area contributed by atoms with E-state index in [2.05, 4.69) is 4.98 Å². The maximum Gasteiger partial charge on any atom is 0.271 e. The summed E-state index contributed by atoms with van der Waals surface area (Å²) in [4.78, 5) is 17.3. The molecule has 0 unspecified atom stereocenters. The molecule has 23 heavy (non-hydrogen) atoms. The van der Waals surface area contributed by atoms with E-state index in [0.717, 1.165) is 23.4 Å². The molecular formula is C17H18F2N2O2. The Labute approximate surface area is 132 Å². The number of carbonyl (C=O) groups excluding carboxylic acids is 1. The van der Waals surface area contributed by atoms with Crippen LogP contribution in [0.25, 0.3) is 0 Å². The van der Waals surface area contributed by atoms with Crippen LogP contribution in [0.4, 0.5) is 8.78 Å². The molecule has 2 atom stereocenters. The van der Waals surface area contributed by atoms with Crippen molar-refractivity contribution >= 4 is 5.91 Å². The fourth-order valence-electron chi connectivity index (χ4n) is 3.17. The summed E-state index contributed by atoms with van der Waals surface area (Å²) < 4.78 is 26.6. The van der Waals surface area contributed by atoms with Gasteiger partial charge in [0.15, 0.2) is 11.6 Å². The van der Waals surface area contributed by atoms with Crippen LogP contribution in [0.1, 0.15) is 39.8 Å². The molecule has 1 fully saturated rings. The highest BCUT2D eigenvalue weighted by Gasteiger charge is 2.37. The van der Waals surface area contributed by atoms with Crippen LogP contribution in [-0.2, 0) is 0 Å². The number of carbonyl (C=O) groups is 1. The van der Waals surface area contributed by atoms with E-state index < -0.39 is 23.8 Å². The first-order chi connectivity index (χ1) is 10.9. The van der Waals surface area contributed by atoms with Gasteiger partial charge in [0, 0.05) is 12.2 Å². The maximum absolute atomic E-state index is 13.5. The van der Waals surface area contributed by atoms with Gasteiger partial charge in [0.25, 0.3) is 5.91 Å². The van der Waals surface area contributed by atoms with Gasteiger partial charge in [0.2, 0.25) is 0 Å². The number of hydrogen-bond acceptors (Lipinski definition) is 2. The predicted octanol–water partition coefficient (Wildman–Crippen LogP) is 2.86. The van der Waals surface area contributed by atoms with Crippen LogP contribution in [-0.4, -0.2) is 33.5 Å². The van der Waals surface area contributed by atoms with E-state index in [-0.39, 0.29) is 12.5 Å². The lowest BCUT2D eigenvalue weighted by molar-refractivity contribution is 0.0709. The molecule has 1 aromatic heterocycles. The molecule has 0 spiro atoms. The maximum atomic E-state index is 13.5. The van der Waals surface area contributed by atoms with Crippen molar-refractivity contribution in [1.82, 2.24) is 9.88 Å². The van der Waals surface area contributed by atoms with Crippen molar-refractivity contribution in [2.45, 2.75) is 32.4 Å². The third-order valence-corrected chi connectivity index (χ3v) is 4.23. The molecule has 122 valence electrons. The van der Waals surface area contributed by atoms with Crippen LogP contribution < -0.4 is 0 Å². The van der Waals surface area contributed by atoms with Crippen molar-refractivity contribution in [3.8, 4) is 0 Å². The van der Waals surface area contributed by atoms with Gasteiger partial charge in [-0.15, -0.1) is 0 Å². The van der Waals surface area contributed by atoms with Gasteiger partial charge in [-0.05, 0) is 49.6 Å². The topological polar surface area (TPSA) is 56.3 Å². The number of benzene rings is 1. The summed E-state index contributed by atoms with van der Waals surface area (Å²) in [6, 6.07) is 4.98. The molecule has 3 rings (SSSR count). The van der Waals surface area contributed by atoms with E-state index in [1.165, 1.54) is 11.0 Å². The normalized spacial score (nSPS) is 21.0. The molecule has 1 amide bonds. The average Bonchev–Trinajstić information content (AvgIpc) is 3.03. The summed E-state index contributed by atoms with van der Waals surface area (Å²) in [5.74, 6) is -2.13. The molecule has 2 heterocycles. The Kier molecular flexibility index (Phi) is 3.93. The van der Waals surface area contributed by atoms with Gasteiger partial charge in [-0.2, -0.15) is 0 Å². The zero-order valence-corrected chi connectivity index (χ0v) is 12.9. The Hall–Kier alpha value is -2.21. The largest absolute Gasteiger partial charge is 0.391 e. The van der Waals surface area contributed by atoms with E-state index in [1.54, 1.807) is 0 Å². The van der Waals surface area contributed by atoms with Gasteiger partial charge in [0.1, 0.15) is 5.69 Å². The second-order valence-corrected chi connectivity index (χ2v) is 6.05. The first-order valence-corrected chi connectivity index (χ1v) is 7.47. The summed E-state index contributed by atoms with van der Waals surface area (Å²) in [7, 11) is 0. The smallest absolute Gasteiger partial charge is 0.271 e. The number of aromatic amines is 1. The Bertz CT molecular complexity index is 757. The number of aryl methyl sites for hydroxylation is 2. The number of nitrogens with zero attached hydrogens (tertiary/aromatic N) is 1. The lowest BCUT2D eigenvalue weighted by Crippen LogP contribution is -2.32. The first-order valence-electron chi connectivity index (χ1n) is 7.47. The van der Waals surface area contributed by atoms with Crippen molar-refractivity contribution in [1.29, 1.82) is 0 Å². The molecule has 4 nitrogen and oxygen atoms in total. The highest BCUT2D eigenvalue weighted by Crippen LogP contribution is 2.34. The molecule has 0 radical (unpaired) electrons. The molecular weight excluding hydrogens is 302 g/mol. The number of aliphatic hydroxyl groups excluding tert-OH is 1. The lowest BCUT2D eigenvalue weighted by Gasteiger charge is -2.24. The van der Waals surface area contributed by atoms with Crippen molar-refractivity contribution in [3.05, 3.63) is 58.4 Å². The van der Waals surface area contributed by atoms with E-state index in [4.69, 9.17) is 0 Å². The van der Waals surface area contributed by atoms with Gasteiger partial charge in [-0.25, -0.2) is 8.78 Å². The monoisotopic (exact) mass is 320 g/mol. The fourth-order valence-corrected chi connectivity index (χ4v) is 3.17. The van der Waals surface area contributed by atoms with Gasteiger partial charge in [-0.1, -0.05) is 6.07 Å². The van der Waals surface area contributed by atoms with Gasteiger partial charge >= 0.3 is 0 Å². The van der Waals surface area contributed by atoms with Crippen LogP contribution in [0.2, 0.25) is 0 Å². The van der Waals surface area contributed by atoms with Gasteiger partial charge in [0.05, 0.1) is 12.1 Å². The highest BCUT2D eigenvalue weighted by atomic mass is 19.2. The zero-order valence-electron chi connectivity index (χ0n) is 12.9. The van der Waals surface area contributed by atoms with Crippen molar-refractivity contribution < 1.29 is 18.7 Å². The fraction of sp³-hybridized carbons (Fsp3) is 0.353. The van der Waals surface area contributed by atoms with Crippen LogP contribution in [0.5, 0.6) is 0 Å². The number of nitrogens with one attached hydrogen (secondary N) is 1. The van der Waals surface area contributed by atoms with Crippen LogP contribution in [0.3, 0.4) is 0 Å². The van der Waals surface area contributed by atoms with E-state index in [0.29, 0.717) is 17.7 Å². The number of hydrogen-bond donors (Lipinski definition) is 2. The lowest BCUT2D eigenvalue weighted by atomic mass is 10.0. The Morgan fingerprint density at radius 3 is 2.61 bits per heavy atom. The molecule has 0 aliphatic carbocycles. The van der Waals surface area contributed by atoms with Crippen molar-refractivity contribution in [2.24, 2.45) is 0 Å². The van der Waals surface area contributed by atoms with Gasteiger partial charge in [-0.3, -0.25) is 4.79 Å². The Morgan fingerprint density at radius 1 is 1.26 bits per heavy atom. The number of β-amino-alcohol motifs (C(OH)–C–C–N with tert-alkyl or cyclic N) is 1. The molecule has 1 aliphatic rings. The quantitative estimate of drug-likeness (QED) is 0.894. The minimum atomic E-state index is -0.955. The van der Waals surface area contributed by atoms with Crippen LogP contribution in [0, 0.1) is 25.5 Å². The summed E-state index contributed by atoms with van der Waals surface area (Å²) in [5, 5.41) is 9.95. The van der Waals surface area contributed by atoms with Gasteiger partial charge < -0.3 is 15.0 Å². The number of aromatic nitrogens is 1. The average molecular weight is 320 g/mol. The first kappa shape index (κ1) is 15.7. The molecule has 1 saturated heterocycles. The summed E-state index contributed by atoms with van der Waals surface area (Å²) in [6.45, 7) is 3.85. The summed E-state index contributed by atoms with van der Waals surface area (Å²) in [5.41, 5.74) is 2.63. The second-order valence-electron chi connectivity index (χ2n) is 6.05. The second kappa shape index (κ2) is 5.77. The number of aliphatic hydroxyl groups is 1. The SMILES string of the molecule is Cc1cc(C)c(C(=O)N2C[C@H](O)C[C@H]2c2ccc(F)c(F)c2)[nH]1. The Balaban J connectivity index is 1.94. The molecule has 1 aromatic carbocycles. The molecule has 2 N–H and O–H groups in total. The summed E-state index contributed by atoms with van der Waals surface area (Å²) >= 11 is 0. The van der Waals surface area contributed by atoms with E-state index in [1.807, 2.05) is 19.9 Å². The molecule has 2 aromatic rings. The molecule has 0 saturated carbocycles. The number of halogens is 2. The highest BCUT2D eigenvalue weighted by molar-refractivity contribution is 5.94. The molecule has 6 heteroatoms. The molecule has 1 aliphatic heterocycles. The third-order valence-electron chi connectivity index (χ3n) is 4.23.